The van der Waals surface area contributed by atoms with Crippen LogP contribution in [0.4, 0.5) is 4.39 Å². The van der Waals surface area contributed by atoms with Gasteiger partial charge in [-0.25, -0.2) is 4.39 Å². The minimum atomic E-state index is -0.320. The lowest BCUT2D eigenvalue weighted by Crippen LogP contribution is -2.25. The molecule has 0 saturated carbocycles. The molecule has 1 heterocycles. The van der Waals surface area contributed by atoms with E-state index in [1.807, 2.05) is 0 Å². The number of aromatic nitrogens is 2. The first-order chi connectivity index (χ1) is 12.5. The number of carbonyl (C=O) groups is 1. The van der Waals surface area contributed by atoms with Gasteiger partial charge in [0.2, 0.25) is 5.82 Å². The maximum atomic E-state index is 13.0. The van der Waals surface area contributed by atoms with Crippen LogP contribution >= 0.6 is 0 Å². The van der Waals surface area contributed by atoms with Crippen LogP contribution in [-0.4, -0.2) is 22.6 Å². The molecule has 0 fully saturated rings. The Hall–Kier alpha value is -3.02. The monoisotopic (exact) mass is 353 g/mol. The molecule has 2 aromatic carbocycles. The fourth-order valence-corrected chi connectivity index (χ4v) is 2.40. The van der Waals surface area contributed by atoms with Gasteiger partial charge in [-0.3, -0.25) is 4.79 Å². The number of nitrogens with one attached hydrogen (secondary N) is 1. The molecule has 6 heteroatoms. The highest BCUT2D eigenvalue weighted by atomic mass is 19.1. The summed E-state index contributed by atoms with van der Waals surface area (Å²) in [5.74, 6) is 0.853. The fourth-order valence-electron chi connectivity index (χ4n) is 2.40. The zero-order valence-electron chi connectivity index (χ0n) is 14.7. The van der Waals surface area contributed by atoms with E-state index in [4.69, 9.17) is 4.52 Å². The van der Waals surface area contributed by atoms with Gasteiger partial charge in [0.25, 0.3) is 11.8 Å². The van der Waals surface area contributed by atoms with Crippen molar-refractivity contribution in [2.75, 3.05) is 6.54 Å². The maximum absolute atomic E-state index is 13.0. The summed E-state index contributed by atoms with van der Waals surface area (Å²) in [6, 6.07) is 12.8. The molecular formula is C20H20FN3O2. The number of hydrogen-bond donors (Lipinski definition) is 1. The average Bonchev–Trinajstić information content (AvgIpc) is 3.12. The Labute approximate surface area is 151 Å². The summed E-state index contributed by atoms with van der Waals surface area (Å²) >= 11 is 0. The van der Waals surface area contributed by atoms with Crippen LogP contribution in [0.5, 0.6) is 0 Å². The Morgan fingerprint density at radius 1 is 1.08 bits per heavy atom. The number of carbonyl (C=O) groups excluding carboxylic acids is 1. The Morgan fingerprint density at radius 3 is 2.38 bits per heavy atom. The second kappa shape index (κ2) is 7.91. The first kappa shape index (κ1) is 17.8. The highest BCUT2D eigenvalue weighted by Gasteiger charge is 2.12. The van der Waals surface area contributed by atoms with Crippen LogP contribution in [0.3, 0.4) is 0 Å². The van der Waals surface area contributed by atoms with Crippen molar-refractivity contribution in [3.8, 4) is 22.8 Å². The predicted octanol–water partition coefficient (Wildman–Crippen LogP) is 4.32. The van der Waals surface area contributed by atoms with E-state index in [9.17, 15) is 9.18 Å². The van der Waals surface area contributed by atoms with Gasteiger partial charge in [0.1, 0.15) is 5.82 Å². The molecule has 3 rings (SSSR count). The number of hydrogen-bond acceptors (Lipinski definition) is 4. The second-order valence-corrected chi connectivity index (χ2v) is 6.45. The molecule has 0 atom stereocenters. The van der Waals surface area contributed by atoms with Crippen molar-refractivity contribution in [1.82, 2.24) is 15.5 Å². The Balaban J connectivity index is 1.69. The van der Waals surface area contributed by atoms with Gasteiger partial charge in [0, 0.05) is 23.2 Å². The van der Waals surface area contributed by atoms with Gasteiger partial charge in [-0.15, -0.1) is 0 Å². The van der Waals surface area contributed by atoms with Crippen LogP contribution in [-0.2, 0) is 0 Å². The van der Waals surface area contributed by atoms with E-state index >= 15 is 0 Å². The molecule has 0 aliphatic carbocycles. The number of amides is 1. The van der Waals surface area contributed by atoms with Gasteiger partial charge in [0.15, 0.2) is 0 Å². The lowest BCUT2D eigenvalue weighted by atomic mass is 10.1. The van der Waals surface area contributed by atoms with E-state index < -0.39 is 0 Å². The normalized spacial score (nSPS) is 10.9. The van der Waals surface area contributed by atoms with Crippen molar-refractivity contribution in [2.24, 2.45) is 5.92 Å². The van der Waals surface area contributed by atoms with Gasteiger partial charge in [-0.1, -0.05) is 19.0 Å². The fraction of sp³-hybridized carbons (Fsp3) is 0.250. The zero-order chi connectivity index (χ0) is 18.5. The van der Waals surface area contributed by atoms with E-state index in [2.05, 4.69) is 29.3 Å². The van der Waals surface area contributed by atoms with Gasteiger partial charge < -0.3 is 9.84 Å². The first-order valence-electron chi connectivity index (χ1n) is 8.51. The van der Waals surface area contributed by atoms with E-state index in [0.717, 1.165) is 6.42 Å². The van der Waals surface area contributed by atoms with Crippen LogP contribution in [0.25, 0.3) is 22.8 Å². The van der Waals surface area contributed by atoms with Crippen LogP contribution in [0, 0.1) is 11.7 Å². The predicted molar refractivity (Wildman–Crippen MR) is 96.9 cm³/mol. The number of rotatable bonds is 6. The lowest BCUT2D eigenvalue weighted by Gasteiger charge is -2.07. The van der Waals surface area contributed by atoms with Crippen molar-refractivity contribution in [1.29, 1.82) is 0 Å². The molecular weight excluding hydrogens is 333 g/mol. The summed E-state index contributed by atoms with van der Waals surface area (Å²) in [5.41, 5.74) is 1.96. The highest BCUT2D eigenvalue weighted by molar-refractivity contribution is 5.94. The van der Waals surface area contributed by atoms with Crippen LogP contribution in [0.1, 0.15) is 30.6 Å². The Kier molecular flexibility index (Phi) is 5.41. The number of halogens is 1. The molecule has 0 aliphatic rings. The first-order valence-corrected chi connectivity index (χ1v) is 8.51. The summed E-state index contributed by atoms with van der Waals surface area (Å²) in [5, 5.41) is 6.82. The summed E-state index contributed by atoms with van der Waals surface area (Å²) in [7, 11) is 0. The summed E-state index contributed by atoms with van der Waals surface area (Å²) in [4.78, 5) is 16.4. The second-order valence-electron chi connectivity index (χ2n) is 6.45. The zero-order valence-corrected chi connectivity index (χ0v) is 14.7. The highest BCUT2D eigenvalue weighted by Crippen LogP contribution is 2.22. The molecule has 1 aromatic heterocycles. The molecule has 1 amide bonds. The van der Waals surface area contributed by atoms with E-state index in [1.54, 1.807) is 36.4 Å². The van der Waals surface area contributed by atoms with Gasteiger partial charge in [0.05, 0.1) is 0 Å². The van der Waals surface area contributed by atoms with E-state index in [-0.39, 0.29) is 11.7 Å². The Bertz CT molecular complexity index is 871. The molecule has 0 aliphatic heterocycles. The Morgan fingerprint density at radius 2 is 1.73 bits per heavy atom. The molecule has 134 valence electrons. The van der Waals surface area contributed by atoms with Gasteiger partial charge in [-0.05, 0) is 60.9 Å². The molecule has 26 heavy (non-hydrogen) atoms. The molecule has 0 spiro atoms. The third kappa shape index (κ3) is 4.33. The SMILES string of the molecule is CC(C)CCNC(=O)c1ccc(-c2nc(-c3ccc(F)cc3)no2)cc1. The van der Waals surface area contributed by atoms with Crippen LogP contribution in [0.2, 0.25) is 0 Å². The molecule has 0 unspecified atom stereocenters. The van der Waals surface area contributed by atoms with Crippen molar-refractivity contribution < 1.29 is 13.7 Å². The average molecular weight is 353 g/mol. The van der Waals surface area contributed by atoms with Crippen molar-refractivity contribution in [3.63, 3.8) is 0 Å². The largest absolute Gasteiger partial charge is 0.352 e. The topological polar surface area (TPSA) is 68.0 Å². The van der Waals surface area contributed by atoms with Gasteiger partial charge >= 0.3 is 0 Å². The van der Waals surface area contributed by atoms with Crippen LogP contribution < -0.4 is 5.32 Å². The van der Waals surface area contributed by atoms with Crippen molar-refractivity contribution >= 4 is 5.91 Å². The number of nitrogens with zero attached hydrogens (tertiary/aromatic N) is 2. The molecule has 3 aromatic rings. The minimum absolute atomic E-state index is 0.102. The van der Waals surface area contributed by atoms with Gasteiger partial charge in [-0.2, -0.15) is 4.98 Å². The quantitative estimate of drug-likeness (QED) is 0.717. The number of benzene rings is 2. The van der Waals surface area contributed by atoms with Crippen molar-refractivity contribution in [2.45, 2.75) is 20.3 Å². The third-order valence-corrected chi connectivity index (χ3v) is 3.93. The smallest absolute Gasteiger partial charge is 0.258 e. The molecule has 1 N–H and O–H groups in total. The van der Waals surface area contributed by atoms with E-state index in [1.165, 1.54) is 12.1 Å². The van der Waals surface area contributed by atoms with Crippen LogP contribution in [0.15, 0.2) is 53.1 Å². The third-order valence-electron chi connectivity index (χ3n) is 3.93. The lowest BCUT2D eigenvalue weighted by molar-refractivity contribution is 0.0952. The summed E-state index contributed by atoms with van der Waals surface area (Å²) < 4.78 is 18.3. The molecule has 0 bridgehead atoms. The molecule has 5 nitrogen and oxygen atoms in total. The van der Waals surface area contributed by atoms with Crippen molar-refractivity contribution in [3.05, 3.63) is 59.9 Å². The maximum Gasteiger partial charge on any atom is 0.258 e. The molecule has 0 radical (unpaired) electrons. The summed E-state index contributed by atoms with van der Waals surface area (Å²) in [6.45, 7) is 4.89. The standard InChI is InChI=1S/C20H20FN3O2/c1-13(2)11-12-22-19(25)15-3-5-16(6-4-15)20-23-18(24-26-20)14-7-9-17(21)10-8-14/h3-10,13H,11-12H2,1-2H3,(H,22,25). The summed E-state index contributed by atoms with van der Waals surface area (Å²) in [6.07, 6.45) is 0.942. The molecule has 0 saturated heterocycles. The van der Waals surface area contributed by atoms with E-state index in [0.29, 0.717) is 40.9 Å². The minimum Gasteiger partial charge on any atom is -0.352 e.